The average molecular weight is 324 g/mol. The van der Waals surface area contributed by atoms with Crippen LogP contribution in [0, 0.1) is 0 Å². The molecular formula is C18H20N4O2. The number of hydrogen-bond acceptors (Lipinski definition) is 5. The highest BCUT2D eigenvalue weighted by atomic mass is 16.5. The number of nitrogens with zero attached hydrogens (tertiary/aromatic N) is 2. The van der Waals surface area contributed by atoms with Crippen molar-refractivity contribution in [1.82, 2.24) is 15.2 Å². The fourth-order valence-corrected chi connectivity index (χ4v) is 2.44. The lowest BCUT2D eigenvalue weighted by molar-refractivity contribution is 0.311. The lowest BCUT2D eigenvalue weighted by atomic mass is 10.1. The first-order valence-corrected chi connectivity index (χ1v) is 7.77. The molecule has 0 fully saturated rings. The topological polar surface area (TPSA) is 86.0 Å². The number of rotatable bonds is 6. The molecule has 0 saturated heterocycles. The van der Waals surface area contributed by atoms with Crippen LogP contribution in [0.15, 0.2) is 48.5 Å². The zero-order valence-corrected chi connectivity index (χ0v) is 13.7. The first-order chi connectivity index (χ1) is 11.7. The summed E-state index contributed by atoms with van der Waals surface area (Å²) in [6.07, 6.45) is 0. The Kier molecular flexibility index (Phi) is 4.77. The summed E-state index contributed by atoms with van der Waals surface area (Å²) >= 11 is 0. The number of nitrogens with two attached hydrogens (primary N) is 1. The number of hydrogen-bond donors (Lipinski definition) is 2. The number of ether oxygens (including phenoxy) is 2. The maximum atomic E-state index is 6.25. The molecular weight excluding hydrogens is 304 g/mol. The molecule has 1 aromatic heterocycles. The molecule has 24 heavy (non-hydrogen) atoms. The summed E-state index contributed by atoms with van der Waals surface area (Å²) in [7, 11) is 1.61. The molecule has 3 rings (SSSR count). The summed E-state index contributed by atoms with van der Waals surface area (Å²) in [4.78, 5) is 4.53. The van der Waals surface area contributed by atoms with Crippen molar-refractivity contribution in [1.29, 1.82) is 0 Å². The highest BCUT2D eigenvalue weighted by Crippen LogP contribution is 2.31. The normalized spacial score (nSPS) is 12.0. The van der Waals surface area contributed by atoms with E-state index in [9.17, 15) is 0 Å². The first-order valence-electron chi connectivity index (χ1n) is 7.77. The van der Waals surface area contributed by atoms with E-state index < -0.39 is 0 Å². The van der Waals surface area contributed by atoms with Gasteiger partial charge in [-0.3, -0.25) is 5.10 Å². The van der Waals surface area contributed by atoms with E-state index >= 15 is 0 Å². The van der Waals surface area contributed by atoms with Gasteiger partial charge >= 0.3 is 0 Å². The molecule has 0 bridgehead atoms. The van der Waals surface area contributed by atoms with E-state index in [0.29, 0.717) is 29.8 Å². The second-order valence-corrected chi connectivity index (χ2v) is 5.23. The monoisotopic (exact) mass is 324 g/mol. The number of methoxy groups -OCH3 is 1. The van der Waals surface area contributed by atoms with Gasteiger partial charge in [0.25, 0.3) is 0 Å². The summed E-state index contributed by atoms with van der Waals surface area (Å²) in [6.45, 7) is 2.48. The standard InChI is InChI=1S/C18H20N4O2/c1-3-24-15-11-13(9-10-14(15)23-2)17-20-18(22-21-17)16(19)12-7-5-4-6-8-12/h4-11,16H,3,19H2,1-2H3,(H,20,21,22). The SMILES string of the molecule is CCOc1cc(-c2n[nH]c(C(N)c3ccccc3)n2)ccc1OC. The van der Waals surface area contributed by atoms with Crippen molar-refractivity contribution >= 4 is 0 Å². The summed E-state index contributed by atoms with van der Waals surface area (Å²) in [5.41, 5.74) is 8.06. The number of H-pyrrole nitrogens is 1. The van der Waals surface area contributed by atoms with Crippen molar-refractivity contribution in [2.75, 3.05) is 13.7 Å². The molecule has 1 unspecified atom stereocenters. The van der Waals surface area contributed by atoms with E-state index in [-0.39, 0.29) is 6.04 Å². The molecule has 1 atom stereocenters. The average Bonchev–Trinajstić information content (AvgIpc) is 3.12. The number of aromatic nitrogens is 3. The molecule has 6 nitrogen and oxygen atoms in total. The van der Waals surface area contributed by atoms with Gasteiger partial charge in [0.2, 0.25) is 0 Å². The van der Waals surface area contributed by atoms with E-state index in [4.69, 9.17) is 15.2 Å². The molecule has 0 radical (unpaired) electrons. The molecule has 124 valence electrons. The van der Waals surface area contributed by atoms with E-state index in [2.05, 4.69) is 15.2 Å². The Morgan fingerprint density at radius 3 is 2.62 bits per heavy atom. The van der Waals surface area contributed by atoms with Crippen LogP contribution in [-0.2, 0) is 0 Å². The van der Waals surface area contributed by atoms with Gasteiger partial charge in [-0.25, -0.2) is 4.98 Å². The van der Waals surface area contributed by atoms with Crippen molar-refractivity contribution in [2.24, 2.45) is 5.73 Å². The van der Waals surface area contributed by atoms with Crippen LogP contribution in [0.3, 0.4) is 0 Å². The van der Waals surface area contributed by atoms with Crippen LogP contribution < -0.4 is 15.2 Å². The van der Waals surface area contributed by atoms with Gasteiger partial charge in [-0.2, -0.15) is 5.10 Å². The van der Waals surface area contributed by atoms with E-state index in [0.717, 1.165) is 11.1 Å². The van der Waals surface area contributed by atoms with E-state index in [1.54, 1.807) is 7.11 Å². The molecule has 0 aliphatic rings. The van der Waals surface area contributed by atoms with Gasteiger partial charge in [-0.1, -0.05) is 30.3 Å². The maximum absolute atomic E-state index is 6.25. The van der Waals surface area contributed by atoms with Crippen molar-refractivity contribution in [3.63, 3.8) is 0 Å². The predicted octanol–water partition coefficient (Wildman–Crippen LogP) is 2.93. The van der Waals surface area contributed by atoms with E-state index in [1.807, 2.05) is 55.5 Å². The highest BCUT2D eigenvalue weighted by Gasteiger charge is 2.15. The highest BCUT2D eigenvalue weighted by molar-refractivity contribution is 5.61. The second-order valence-electron chi connectivity index (χ2n) is 5.23. The Balaban J connectivity index is 1.89. The van der Waals surface area contributed by atoms with Crippen LogP contribution in [0.1, 0.15) is 24.4 Å². The Morgan fingerprint density at radius 1 is 1.12 bits per heavy atom. The summed E-state index contributed by atoms with van der Waals surface area (Å²) in [5, 5.41) is 7.20. The Labute approximate surface area is 140 Å². The summed E-state index contributed by atoms with van der Waals surface area (Å²) in [6, 6.07) is 15.0. The molecule has 0 aliphatic heterocycles. The predicted molar refractivity (Wildman–Crippen MR) is 92.0 cm³/mol. The van der Waals surface area contributed by atoms with Crippen LogP contribution in [0.25, 0.3) is 11.4 Å². The molecule has 0 spiro atoms. The molecule has 6 heteroatoms. The third kappa shape index (κ3) is 3.23. The third-order valence-corrected chi connectivity index (χ3v) is 3.68. The first kappa shape index (κ1) is 16.0. The minimum Gasteiger partial charge on any atom is -0.493 e. The zero-order chi connectivity index (χ0) is 16.9. The van der Waals surface area contributed by atoms with Gasteiger partial charge in [-0.05, 0) is 30.7 Å². The molecule has 0 saturated carbocycles. The third-order valence-electron chi connectivity index (χ3n) is 3.68. The van der Waals surface area contributed by atoms with E-state index in [1.165, 1.54) is 0 Å². The number of nitrogens with one attached hydrogen (secondary N) is 1. The van der Waals surface area contributed by atoms with Gasteiger partial charge in [0.1, 0.15) is 5.82 Å². The van der Waals surface area contributed by atoms with Crippen LogP contribution >= 0.6 is 0 Å². The van der Waals surface area contributed by atoms with Gasteiger partial charge in [0.05, 0.1) is 19.8 Å². The van der Waals surface area contributed by atoms with Crippen molar-refractivity contribution in [2.45, 2.75) is 13.0 Å². The quantitative estimate of drug-likeness (QED) is 0.728. The number of aromatic amines is 1. The summed E-state index contributed by atoms with van der Waals surface area (Å²) in [5.74, 6) is 2.53. The lowest BCUT2D eigenvalue weighted by Crippen LogP contribution is -2.13. The smallest absolute Gasteiger partial charge is 0.181 e. The summed E-state index contributed by atoms with van der Waals surface area (Å²) < 4.78 is 10.9. The van der Waals surface area contributed by atoms with Crippen LogP contribution in [0.5, 0.6) is 11.5 Å². The van der Waals surface area contributed by atoms with Crippen molar-refractivity contribution in [3.05, 3.63) is 59.9 Å². The second kappa shape index (κ2) is 7.14. The fourth-order valence-electron chi connectivity index (χ4n) is 2.44. The van der Waals surface area contributed by atoms with Gasteiger partial charge in [0, 0.05) is 5.56 Å². The van der Waals surface area contributed by atoms with Gasteiger partial charge in [0.15, 0.2) is 17.3 Å². The molecule has 0 aliphatic carbocycles. The Bertz CT molecular complexity index is 802. The molecule has 2 aromatic carbocycles. The van der Waals surface area contributed by atoms with Crippen molar-refractivity contribution < 1.29 is 9.47 Å². The maximum Gasteiger partial charge on any atom is 0.181 e. The molecule has 3 aromatic rings. The number of benzene rings is 2. The van der Waals surface area contributed by atoms with Crippen LogP contribution in [0.4, 0.5) is 0 Å². The Hall–Kier alpha value is -2.86. The van der Waals surface area contributed by atoms with Gasteiger partial charge < -0.3 is 15.2 Å². The Morgan fingerprint density at radius 2 is 1.92 bits per heavy atom. The zero-order valence-electron chi connectivity index (χ0n) is 13.7. The lowest BCUT2D eigenvalue weighted by Gasteiger charge is -2.10. The van der Waals surface area contributed by atoms with Crippen molar-refractivity contribution in [3.8, 4) is 22.9 Å². The fraction of sp³-hybridized carbons (Fsp3) is 0.222. The van der Waals surface area contributed by atoms with Crippen LogP contribution in [0.2, 0.25) is 0 Å². The van der Waals surface area contributed by atoms with Gasteiger partial charge in [-0.15, -0.1) is 0 Å². The van der Waals surface area contributed by atoms with Crippen LogP contribution in [-0.4, -0.2) is 28.9 Å². The largest absolute Gasteiger partial charge is 0.493 e. The minimum absolute atomic E-state index is 0.350. The molecule has 1 heterocycles. The molecule has 0 amide bonds. The minimum atomic E-state index is -0.350. The molecule has 3 N–H and O–H groups in total.